The van der Waals surface area contributed by atoms with Gasteiger partial charge in [0, 0.05) is 12.3 Å². The molecule has 1 aromatic carbocycles. The van der Waals surface area contributed by atoms with Gasteiger partial charge < -0.3 is 9.84 Å². The van der Waals surface area contributed by atoms with Crippen LogP contribution >= 0.6 is 0 Å². The van der Waals surface area contributed by atoms with Gasteiger partial charge in [-0.15, -0.1) is 0 Å². The third-order valence-electron chi connectivity index (χ3n) is 2.85. The van der Waals surface area contributed by atoms with Crippen molar-refractivity contribution in [2.24, 2.45) is 0 Å². The van der Waals surface area contributed by atoms with Crippen molar-refractivity contribution < 1.29 is 32.2 Å². The zero-order valence-corrected chi connectivity index (χ0v) is 11.3. The first-order chi connectivity index (χ1) is 10.2. The quantitative estimate of drug-likeness (QED) is 0.678. The molecule has 1 heterocycles. The fourth-order valence-corrected chi connectivity index (χ4v) is 1.73. The van der Waals surface area contributed by atoms with E-state index >= 15 is 0 Å². The monoisotopic (exact) mass is 317 g/mol. The zero-order chi connectivity index (χ0) is 16.5. The zero-order valence-electron chi connectivity index (χ0n) is 11.3. The molecule has 1 aromatic heterocycles. The first-order valence-electron chi connectivity index (χ1n) is 6.14. The SMILES string of the molecule is CC(=O)c1nc2ccc(OCC(F)(F)C(F)F)cc2cc1O. The average Bonchev–Trinajstić information content (AvgIpc) is 2.43. The van der Waals surface area contributed by atoms with E-state index in [9.17, 15) is 27.5 Å². The van der Waals surface area contributed by atoms with Gasteiger partial charge in [-0.05, 0) is 24.3 Å². The van der Waals surface area contributed by atoms with Crippen LogP contribution in [0.4, 0.5) is 17.6 Å². The summed E-state index contributed by atoms with van der Waals surface area (Å²) in [5.41, 5.74) is 0.210. The van der Waals surface area contributed by atoms with Gasteiger partial charge in [-0.1, -0.05) is 0 Å². The number of pyridine rings is 1. The molecular formula is C14H11F4NO3. The summed E-state index contributed by atoms with van der Waals surface area (Å²) in [6.45, 7) is -0.237. The van der Waals surface area contributed by atoms with E-state index in [0.29, 0.717) is 10.9 Å². The molecule has 0 spiro atoms. The van der Waals surface area contributed by atoms with Crippen LogP contribution in [0.5, 0.6) is 11.5 Å². The van der Waals surface area contributed by atoms with Crippen LogP contribution in [0, 0.1) is 0 Å². The molecule has 118 valence electrons. The maximum atomic E-state index is 12.8. The lowest BCUT2D eigenvalue weighted by Crippen LogP contribution is -2.33. The van der Waals surface area contributed by atoms with Crippen LogP contribution in [0.25, 0.3) is 10.9 Å². The van der Waals surface area contributed by atoms with E-state index in [1.165, 1.54) is 31.2 Å². The third-order valence-corrected chi connectivity index (χ3v) is 2.85. The molecule has 0 amide bonds. The summed E-state index contributed by atoms with van der Waals surface area (Å²) in [5, 5.41) is 9.98. The number of aromatic nitrogens is 1. The summed E-state index contributed by atoms with van der Waals surface area (Å²) in [6, 6.07) is 5.11. The molecule has 0 fully saturated rings. The number of benzene rings is 1. The molecule has 0 aliphatic rings. The average molecular weight is 317 g/mol. The van der Waals surface area contributed by atoms with Crippen molar-refractivity contribution in [1.82, 2.24) is 4.98 Å². The van der Waals surface area contributed by atoms with Crippen molar-refractivity contribution in [1.29, 1.82) is 0 Å². The standard InChI is InChI=1S/C14H11F4NO3/c1-7(20)12-11(21)5-8-4-9(2-3-10(8)19-12)22-6-14(17,18)13(15)16/h2-5,13,21H,6H2,1H3. The molecule has 0 aliphatic carbocycles. The number of fused-ring (bicyclic) bond motifs is 1. The fraction of sp³-hybridized carbons (Fsp3) is 0.286. The van der Waals surface area contributed by atoms with Crippen LogP contribution in [-0.4, -0.2) is 34.8 Å². The Morgan fingerprint density at radius 3 is 2.64 bits per heavy atom. The number of ketones is 1. The van der Waals surface area contributed by atoms with E-state index in [0.717, 1.165) is 0 Å². The number of alkyl halides is 4. The van der Waals surface area contributed by atoms with Gasteiger partial charge in [-0.2, -0.15) is 8.78 Å². The summed E-state index contributed by atoms with van der Waals surface area (Å²) in [7, 11) is 0. The number of carbonyl (C=O) groups excluding carboxylic acids is 1. The van der Waals surface area contributed by atoms with Gasteiger partial charge in [0.25, 0.3) is 0 Å². The van der Waals surface area contributed by atoms with Gasteiger partial charge in [0.05, 0.1) is 5.52 Å². The summed E-state index contributed by atoms with van der Waals surface area (Å²) in [6.07, 6.45) is -3.82. The third kappa shape index (κ3) is 3.26. The van der Waals surface area contributed by atoms with Crippen molar-refractivity contribution in [3.8, 4) is 11.5 Å². The molecule has 0 aliphatic heterocycles. The van der Waals surface area contributed by atoms with Gasteiger partial charge in [-0.3, -0.25) is 4.79 Å². The molecule has 8 heteroatoms. The molecular weight excluding hydrogens is 306 g/mol. The van der Waals surface area contributed by atoms with Crippen molar-refractivity contribution in [3.63, 3.8) is 0 Å². The van der Waals surface area contributed by atoms with Gasteiger partial charge in [0.1, 0.15) is 17.2 Å². The van der Waals surface area contributed by atoms with Crippen molar-refractivity contribution in [2.75, 3.05) is 6.61 Å². The molecule has 0 saturated heterocycles. The van der Waals surface area contributed by atoms with Crippen LogP contribution in [0.1, 0.15) is 17.4 Å². The lowest BCUT2D eigenvalue weighted by atomic mass is 10.1. The minimum Gasteiger partial charge on any atom is -0.506 e. The van der Waals surface area contributed by atoms with Gasteiger partial charge in [0.2, 0.25) is 0 Å². The molecule has 1 N–H and O–H groups in total. The summed E-state index contributed by atoms with van der Waals surface area (Å²) in [5.74, 6) is -5.13. The Kier molecular flexibility index (Phi) is 4.20. The summed E-state index contributed by atoms with van der Waals surface area (Å²) < 4.78 is 54.3. The lowest BCUT2D eigenvalue weighted by molar-refractivity contribution is -0.148. The van der Waals surface area contributed by atoms with Crippen molar-refractivity contribution in [2.45, 2.75) is 19.3 Å². The first-order valence-corrected chi connectivity index (χ1v) is 6.14. The van der Waals surface area contributed by atoms with E-state index in [1.54, 1.807) is 0 Å². The second kappa shape index (κ2) is 5.78. The highest BCUT2D eigenvalue weighted by Gasteiger charge is 2.41. The van der Waals surface area contributed by atoms with Gasteiger partial charge >= 0.3 is 12.3 Å². The minimum absolute atomic E-state index is 0.0791. The molecule has 0 radical (unpaired) electrons. The predicted octanol–water partition coefficient (Wildman–Crippen LogP) is 3.42. The molecule has 22 heavy (non-hydrogen) atoms. The number of aromatic hydroxyl groups is 1. The number of Topliss-reactive ketones (excluding diaryl/α,β-unsaturated/α-hetero) is 1. The molecule has 2 aromatic rings. The number of hydrogen-bond acceptors (Lipinski definition) is 4. The smallest absolute Gasteiger partial charge is 0.340 e. The van der Waals surface area contributed by atoms with Crippen LogP contribution in [0.2, 0.25) is 0 Å². The number of halogens is 4. The highest BCUT2D eigenvalue weighted by molar-refractivity contribution is 5.97. The first kappa shape index (κ1) is 16.0. The second-order valence-electron chi connectivity index (χ2n) is 4.62. The number of hydrogen-bond donors (Lipinski definition) is 1. The van der Waals surface area contributed by atoms with Crippen LogP contribution in [0.15, 0.2) is 24.3 Å². The van der Waals surface area contributed by atoms with Crippen LogP contribution < -0.4 is 4.74 Å². The minimum atomic E-state index is -4.26. The number of carbonyl (C=O) groups is 1. The maximum Gasteiger partial charge on any atom is 0.340 e. The molecule has 0 unspecified atom stereocenters. The van der Waals surface area contributed by atoms with E-state index in [4.69, 9.17) is 0 Å². The Morgan fingerprint density at radius 1 is 1.36 bits per heavy atom. The Labute approximate surface area is 122 Å². The van der Waals surface area contributed by atoms with E-state index in [1.807, 2.05) is 0 Å². The number of nitrogens with zero attached hydrogens (tertiary/aromatic N) is 1. The fourth-order valence-electron chi connectivity index (χ4n) is 1.73. The molecule has 2 rings (SSSR count). The Balaban J connectivity index is 2.28. The van der Waals surface area contributed by atoms with Crippen molar-refractivity contribution >= 4 is 16.7 Å². The normalized spacial score (nSPS) is 11.9. The second-order valence-corrected chi connectivity index (χ2v) is 4.62. The van der Waals surface area contributed by atoms with Crippen LogP contribution in [0.3, 0.4) is 0 Å². The lowest BCUT2D eigenvalue weighted by Gasteiger charge is -2.16. The highest BCUT2D eigenvalue weighted by atomic mass is 19.3. The van der Waals surface area contributed by atoms with E-state index in [-0.39, 0.29) is 17.2 Å². The highest BCUT2D eigenvalue weighted by Crippen LogP contribution is 2.28. The van der Waals surface area contributed by atoms with E-state index in [2.05, 4.69) is 9.72 Å². The van der Waals surface area contributed by atoms with Crippen molar-refractivity contribution in [3.05, 3.63) is 30.0 Å². The molecule has 0 bridgehead atoms. The Bertz CT molecular complexity index is 719. The summed E-state index contributed by atoms with van der Waals surface area (Å²) >= 11 is 0. The topological polar surface area (TPSA) is 59.4 Å². The number of ether oxygens (including phenoxy) is 1. The van der Waals surface area contributed by atoms with Crippen LogP contribution in [-0.2, 0) is 0 Å². The van der Waals surface area contributed by atoms with E-state index < -0.39 is 24.7 Å². The molecule has 0 saturated carbocycles. The summed E-state index contributed by atoms with van der Waals surface area (Å²) in [4.78, 5) is 15.2. The molecule has 4 nitrogen and oxygen atoms in total. The molecule has 0 atom stereocenters. The Morgan fingerprint density at radius 2 is 2.05 bits per heavy atom. The Hall–Kier alpha value is -2.38. The van der Waals surface area contributed by atoms with Gasteiger partial charge in [-0.25, -0.2) is 13.8 Å². The largest absolute Gasteiger partial charge is 0.506 e. The maximum absolute atomic E-state index is 12.8. The predicted molar refractivity (Wildman–Crippen MR) is 69.9 cm³/mol. The van der Waals surface area contributed by atoms with Gasteiger partial charge in [0.15, 0.2) is 12.4 Å². The number of rotatable bonds is 5.